The number of rotatable bonds is 6. The lowest BCUT2D eigenvalue weighted by atomic mass is 10.2. The standard InChI is InChI=1S/C14H21N3/c1-4-17(5-2)14-8-6-13(7-9-14)16-11-12(3)10-15/h6-9,12,16H,4-5,11H2,1-3H3. The van der Waals surface area contributed by atoms with E-state index in [9.17, 15) is 0 Å². The lowest BCUT2D eigenvalue weighted by Gasteiger charge is -2.21. The van der Waals surface area contributed by atoms with Gasteiger partial charge in [0.1, 0.15) is 0 Å². The van der Waals surface area contributed by atoms with Gasteiger partial charge in [-0.1, -0.05) is 0 Å². The SMILES string of the molecule is CCN(CC)c1ccc(NCC(C)C#N)cc1. The van der Waals surface area contributed by atoms with Crippen molar-refractivity contribution in [2.24, 2.45) is 5.92 Å². The molecule has 0 aromatic heterocycles. The zero-order valence-corrected chi connectivity index (χ0v) is 10.9. The molecule has 1 aromatic carbocycles. The minimum absolute atomic E-state index is 0.0393. The van der Waals surface area contributed by atoms with Crippen molar-refractivity contribution >= 4 is 11.4 Å². The van der Waals surface area contributed by atoms with Gasteiger partial charge in [0.05, 0.1) is 12.0 Å². The Morgan fingerprint density at radius 2 is 1.82 bits per heavy atom. The molecule has 0 aliphatic carbocycles. The van der Waals surface area contributed by atoms with Crippen molar-refractivity contribution in [3.8, 4) is 6.07 Å². The molecule has 0 radical (unpaired) electrons. The summed E-state index contributed by atoms with van der Waals surface area (Å²) in [5.74, 6) is 0.0393. The van der Waals surface area contributed by atoms with Gasteiger partial charge >= 0.3 is 0 Å². The lowest BCUT2D eigenvalue weighted by Crippen LogP contribution is -2.21. The number of nitriles is 1. The second kappa shape index (κ2) is 6.80. The summed E-state index contributed by atoms with van der Waals surface area (Å²) in [6.07, 6.45) is 0. The first kappa shape index (κ1) is 13.4. The molecule has 0 aliphatic heterocycles. The van der Waals surface area contributed by atoms with Gasteiger partial charge in [0.25, 0.3) is 0 Å². The van der Waals surface area contributed by atoms with E-state index in [1.807, 2.05) is 6.92 Å². The third-order valence-electron chi connectivity index (χ3n) is 2.83. The van der Waals surface area contributed by atoms with Gasteiger partial charge in [-0.25, -0.2) is 0 Å². The highest BCUT2D eigenvalue weighted by Crippen LogP contribution is 2.17. The fourth-order valence-electron chi connectivity index (χ4n) is 1.70. The van der Waals surface area contributed by atoms with E-state index in [-0.39, 0.29) is 5.92 Å². The van der Waals surface area contributed by atoms with Crippen LogP contribution in [0.5, 0.6) is 0 Å². The zero-order valence-electron chi connectivity index (χ0n) is 10.9. The number of nitrogens with zero attached hydrogens (tertiary/aromatic N) is 2. The topological polar surface area (TPSA) is 39.1 Å². The molecule has 92 valence electrons. The highest BCUT2D eigenvalue weighted by molar-refractivity contribution is 5.55. The Hall–Kier alpha value is -1.69. The van der Waals surface area contributed by atoms with E-state index < -0.39 is 0 Å². The van der Waals surface area contributed by atoms with Gasteiger partial charge < -0.3 is 10.2 Å². The molecule has 3 nitrogen and oxygen atoms in total. The van der Waals surface area contributed by atoms with E-state index >= 15 is 0 Å². The van der Waals surface area contributed by atoms with Gasteiger partial charge in [-0.2, -0.15) is 5.26 Å². The number of hydrogen-bond acceptors (Lipinski definition) is 3. The second-order valence-electron chi connectivity index (χ2n) is 4.13. The van der Waals surface area contributed by atoms with Crippen LogP contribution in [0.4, 0.5) is 11.4 Å². The van der Waals surface area contributed by atoms with Crippen molar-refractivity contribution in [3.05, 3.63) is 24.3 Å². The molecule has 0 amide bonds. The summed E-state index contributed by atoms with van der Waals surface area (Å²) >= 11 is 0. The predicted octanol–water partition coefficient (Wildman–Crippen LogP) is 3.10. The van der Waals surface area contributed by atoms with Crippen LogP contribution in [0, 0.1) is 17.2 Å². The molecule has 1 rings (SSSR count). The lowest BCUT2D eigenvalue weighted by molar-refractivity contribution is 0.786. The summed E-state index contributed by atoms with van der Waals surface area (Å²) in [5.41, 5.74) is 2.32. The van der Waals surface area contributed by atoms with Crippen molar-refractivity contribution in [2.75, 3.05) is 29.9 Å². The van der Waals surface area contributed by atoms with Crippen molar-refractivity contribution in [2.45, 2.75) is 20.8 Å². The summed E-state index contributed by atoms with van der Waals surface area (Å²) in [4.78, 5) is 2.31. The molecule has 1 unspecified atom stereocenters. The smallest absolute Gasteiger partial charge is 0.0671 e. The van der Waals surface area contributed by atoms with Crippen LogP contribution in [0.25, 0.3) is 0 Å². The molecule has 0 bridgehead atoms. The van der Waals surface area contributed by atoms with E-state index in [1.54, 1.807) is 0 Å². The fraction of sp³-hybridized carbons (Fsp3) is 0.500. The molecule has 0 aliphatic rings. The van der Waals surface area contributed by atoms with Gasteiger partial charge in [-0.05, 0) is 45.0 Å². The largest absolute Gasteiger partial charge is 0.384 e. The van der Waals surface area contributed by atoms with Gasteiger partial charge in [-0.15, -0.1) is 0 Å². The summed E-state index contributed by atoms with van der Waals surface area (Å²) in [7, 11) is 0. The molecular weight excluding hydrogens is 210 g/mol. The Balaban J connectivity index is 2.59. The van der Waals surface area contributed by atoms with Crippen molar-refractivity contribution in [1.82, 2.24) is 0 Å². The molecule has 0 fully saturated rings. The van der Waals surface area contributed by atoms with Crippen LogP contribution in [0.3, 0.4) is 0 Å². The Labute approximate surface area is 104 Å². The molecular formula is C14H21N3. The predicted molar refractivity (Wildman–Crippen MR) is 73.3 cm³/mol. The average molecular weight is 231 g/mol. The molecule has 1 N–H and O–H groups in total. The fourth-order valence-corrected chi connectivity index (χ4v) is 1.70. The van der Waals surface area contributed by atoms with Gasteiger partial charge in [0, 0.05) is 31.0 Å². The summed E-state index contributed by atoms with van der Waals surface area (Å²) < 4.78 is 0. The number of benzene rings is 1. The third-order valence-corrected chi connectivity index (χ3v) is 2.83. The Morgan fingerprint density at radius 1 is 1.24 bits per heavy atom. The highest BCUT2D eigenvalue weighted by atomic mass is 15.1. The van der Waals surface area contributed by atoms with E-state index in [0.717, 1.165) is 18.8 Å². The monoisotopic (exact) mass is 231 g/mol. The number of anilines is 2. The zero-order chi connectivity index (χ0) is 12.7. The quantitative estimate of drug-likeness (QED) is 0.817. The highest BCUT2D eigenvalue weighted by Gasteiger charge is 2.02. The summed E-state index contributed by atoms with van der Waals surface area (Å²) in [5, 5.41) is 12.0. The van der Waals surface area contributed by atoms with Crippen LogP contribution in [-0.2, 0) is 0 Å². The molecule has 0 spiro atoms. The molecule has 0 saturated heterocycles. The Kier molecular flexibility index (Phi) is 5.35. The maximum absolute atomic E-state index is 8.70. The van der Waals surface area contributed by atoms with Crippen LogP contribution in [-0.4, -0.2) is 19.6 Å². The first-order valence-electron chi connectivity index (χ1n) is 6.19. The van der Waals surface area contributed by atoms with Crippen molar-refractivity contribution in [3.63, 3.8) is 0 Å². The van der Waals surface area contributed by atoms with E-state index in [0.29, 0.717) is 6.54 Å². The number of nitrogens with one attached hydrogen (secondary N) is 1. The van der Waals surface area contributed by atoms with Gasteiger partial charge in [-0.3, -0.25) is 0 Å². The molecule has 0 saturated carbocycles. The van der Waals surface area contributed by atoms with Crippen LogP contribution in [0.15, 0.2) is 24.3 Å². The third kappa shape index (κ3) is 3.99. The van der Waals surface area contributed by atoms with Crippen LogP contribution in [0.1, 0.15) is 20.8 Å². The van der Waals surface area contributed by atoms with Crippen LogP contribution in [0.2, 0.25) is 0 Å². The maximum atomic E-state index is 8.70. The van der Waals surface area contributed by atoms with E-state index in [1.165, 1.54) is 5.69 Å². The average Bonchev–Trinajstić information content (AvgIpc) is 2.38. The van der Waals surface area contributed by atoms with Gasteiger partial charge in [0.15, 0.2) is 0 Å². The maximum Gasteiger partial charge on any atom is 0.0671 e. The van der Waals surface area contributed by atoms with Crippen LogP contribution >= 0.6 is 0 Å². The van der Waals surface area contributed by atoms with Gasteiger partial charge in [0.2, 0.25) is 0 Å². The Morgan fingerprint density at radius 3 is 2.29 bits per heavy atom. The minimum atomic E-state index is 0.0393. The van der Waals surface area contributed by atoms with Crippen LogP contribution < -0.4 is 10.2 Å². The van der Waals surface area contributed by atoms with E-state index in [2.05, 4.69) is 54.4 Å². The van der Waals surface area contributed by atoms with E-state index in [4.69, 9.17) is 5.26 Å². The normalized spacial score (nSPS) is 11.6. The second-order valence-corrected chi connectivity index (χ2v) is 4.13. The van der Waals surface area contributed by atoms with Crippen molar-refractivity contribution in [1.29, 1.82) is 5.26 Å². The molecule has 1 atom stereocenters. The first-order chi connectivity index (χ1) is 8.21. The van der Waals surface area contributed by atoms with Crippen molar-refractivity contribution < 1.29 is 0 Å². The molecule has 1 aromatic rings. The Bertz CT molecular complexity index is 360. The summed E-state index contributed by atoms with van der Waals surface area (Å²) in [6.45, 7) is 8.97. The molecule has 0 heterocycles. The molecule has 3 heteroatoms. The molecule has 17 heavy (non-hydrogen) atoms. The first-order valence-corrected chi connectivity index (χ1v) is 6.19. The summed E-state index contributed by atoms with van der Waals surface area (Å²) in [6, 6.07) is 10.6. The minimum Gasteiger partial charge on any atom is -0.384 e. The number of hydrogen-bond donors (Lipinski definition) is 1.